The first-order valence-electron chi connectivity index (χ1n) is 2.71. The van der Waals surface area contributed by atoms with E-state index in [9.17, 15) is 4.79 Å². The molecule has 0 saturated carbocycles. The van der Waals surface area contributed by atoms with E-state index in [0.717, 1.165) is 25.1 Å². The van der Waals surface area contributed by atoms with Gasteiger partial charge in [0.1, 0.15) is 6.29 Å². The lowest BCUT2D eigenvalue weighted by Crippen LogP contribution is -2.33. The monoisotopic (exact) mass is 131 g/mol. The first kappa shape index (κ1) is 6.11. The molecular weight excluding hydrogens is 122 g/mol. The Morgan fingerprint density at radius 2 is 2.62 bits per heavy atom. The van der Waals surface area contributed by atoms with Crippen molar-refractivity contribution in [1.29, 1.82) is 0 Å². The highest BCUT2D eigenvalue weighted by Gasteiger charge is 2.10. The van der Waals surface area contributed by atoms with Gasteiger partial charge in [-0.25, -0.2) is 0 Å². The maximum atomic E-state index is 10.1. The Hall–Kier alpha value is -0.0200. The summed E-state index contributed by atoms with van der Waals surface area (Å²) in [5, 5.41) is 3.35. The maximum Gasteiger partial charge on any atom is 0.134 e. The average Bonchev–Trinajstić information content (AvgIpc) is 1.90. The van der Waals surface area contributed by atoms with Gasteiger partial charge in [0.05, 0.1) is 5.25 Å². The molecule has 0 amide bonds. The number of hydrogen-bond acceptors (Lipinski definition) is 3. The van der Waals surface area contributed by atoms with Crippen molar-refractivity contribution < 1.29 is 4.79 Å². The van der Waals surface area contributed by atoms with Gasteiger partial charge in [0.15, 0.2) is 0 Å². The maximum absolute atomic E-state index is 10.1. The SMILES string of the molecule is O=CC1CNCCS1. The van der Waals surface area contributed by atoms with Crippen LogP contribution in [0.15, 0.2) is 0 Å². The van der Waals surface area contributed by atoms with Gasteiger partial charge in [0, 0.05) is 18.8 Å². The van der Waals surface area contributed by atoms with Gasteiger partial charge in [-0.05, 0) is 0 Å². The van der Waals surface area contributed by atoms with E-state index in [2.05, 4.69) is 5.32 Å². The lowest BCUT2D eigenvalue weighted by atomic mass is 10.4. The third-order valence-corrected chi connectivity index (χ3v) is 2.25. The summed E-state index contributed by atoms with van der Waals surface area (Å²) in [7, 11) is 0. The van der Waals surface area contributed by atoms with Crippen molar-refractivity contribution in [3.05, 3.63) is 0 Å². The zero-order valence-electron chi connectivity index (χ0n) is 4.59. The van der Waals surface area contributed by atoms with E-state index in [0.29, 0.717) is 0 Å². The van der Waals surface area contributed by atoms with E-state index in [1.165, 1.54) is 0 Å². The molecule has 1 atom stereocenters. The highest BCUT2D eigenvalue weighted by atomic mass is 32.2. The molecule has 0 aromatic rings. The van der Waals surface area contributed by atoms with Gasteiger partial charge in [-0.15, -0.1) is 11.8 Å². The molecular formula is C5H9NOS. The Balaban J connectivity index is 2.22. The molecule has 1 unspecified atom stereocenters. The van der Waals surface area contributed by atoms with Crippen molar-refractivity contribution in [3.8, 4) is 0 Å². The predicted molar refractivity (Wildman–Crippen MR) is 35.2 cm³/mol. The van der Waals surface area contributed by atoms with Crippen molar-refractivity contribution in [2.75, 3.05) is 18.8 Å². The highest BCUT2D eigenvalue weighted by molar-refractivity contribution is 8.00. The van der Waals surface area contributed by atoms with Crippen molar-refractivity contribution >= 4 is 18.0 Å². The van der Waals surface area contributed by atoms with Crippen molar-refractivity contribution in [3.63, 3.8) is 0 Å². The molecule has 1 heterocycles. The van der Waals surface area contributed by atoms with Gasteiger partial charge in [0.25, 0.3) is 0 Å². The van der Waals surface area contributed by atoms with E-state index < -0.39 is 0 Å². The molecule has 1 aliphatic rings. The third kappa shape index (κ3) is 1.49. The number of carbonyl (C=O) groups excluding carboxylic acids is 1. The van der Waals surface area contributed by atoms with Crippen LogP contribution in [0.5, 0.6) is 0 Å². The first-order valence-corrected chi connectivity index (χ1v) is 3.76. The minimum atomic E-state index is 0.212. The van der Waals surface area contributed by atoms with Crippen molar-refractivity contribution in [1.82, 2.24) is 5.32 Å². The van der Waals surface area contributed by atoms with Crippen LogP contribution in [0.3, 0.4) is 0 Å². The molecule has 1 rings (SSSR count). The zero-order valence-corrected chi connectivity index (χ0v) is 5.41. The molecule has 0 radical (unpaired) electrons. The number of aldehydes is 1. The van der Waals surface area contributed by atoms with Gasteiger partial charge in [0.2, 0.25) is 0 Å². The van der Waals surface area contributed by atoms with E-state index in [1.807, 2.05) is 0 Å². The first-order chi connectivity index (χ1) is 3.93. The number of hydrogen-bond donors (Lipinski definition) is 1. The second kappa shape index (κ2) is 3.10. The quantitative estimate of drug-likeness (QED) is 0.503. The Labute approximate surface area is 53.0 Å². The fourth-order valence-electron chi connectivity index (χ4n) is 0.673. The Morgan fingerprint density at radius 3 is 3.00 bits per heavy atom. The minimum absolute atomic E-state index is 0.212. The normalized spacial score (nSPS) is 29.8. The summed E-state index contributed by atoms with van der Waals surface area (Å²) >= 11 is 1.73. The molecule has 0 aromatic carbocycles. The highest BCUT2D eigenvalue weighted by Crippen LogP contribution is 2.09. The summed E-state index contributed by atoms with van der Waals surface area (Å²) in [6, 6.07) is 0. The van der Waals surface area contributed by atoms with Crippen LogP contribution in [0.25, 0.3) is 0 Å². The molecule has 0 bridgehead atoms. The molecule has 0 aliphatic carbocycles. The van der Waals surface area contributed by atoms with E-state index in [4.69, 9.17) is 0 Å². The van der Waals surface area contributed by atoms with Crippen LogP contribution in [0, 0.1) is 0 Å². The van der Waals surface area contributed by atoms with Crippen LogP contribution >= 0.6 is 11.8 Å². The summed E-state index contributed by atoms with van der Waals surface area (Å²) in [6.45, 7) is 1.91. The van der Waals surface area contributed by atoms with Gasteiger partial charge >= 0.3 is 0 Å². The molecule has 46 valence electrons. The van der Waals surface area contributed by atoms with E-state index >= 15 is 0 Å². The lowest BCUT2D eigenvalue weighted by molar-refractivity contribution is -0.107. The van der Waals surface area contributed by atoms with Gasteiger partial charge in [-0.3, -0.25) is 0 Å². The van der Waals surface area contributed by atoms with E-state index in [-0.39, 0.29) is 5.25 Å². The molecule has 8 heavy (non-hydrogen) atoms. The van der Waals surface area contributed by atoms with Crippen molar-refractivity contribution in [2.24, 2.45) is 0 Å². The molecule has 3 heteroatoms. The molecule has 1 N–H and O–H groups in total. The summed E-state index contributed by atoms with van der Waals surface area (Å²) in [5.74, 6) is 1.07. The lowest BCUT2D eigenvalue weighted by Gasteiger charge is -2.16. The van der Waals surface area contributed by atoms with Gasteiger partial charge < -0.3 is 10.1 Å². The summed E-state index contributed by atoms with van der Waals surface area (Å²) in [6.07, 6.45) is 1.01. The summed E-state index contributed by atoms with van der Waals surface area (Å²) in [4.78, 5) is 10.1. The zero-order chi connectivity index (χ0) is 5.82. The second-order valence-corrected chi connectivity index (χ2v) is 3.10. The number of nitrogens with one attached hydrogen (secondary N) is 1. The third-order valence-electron chi connectivity index (χ3n) is 1.11. The van der Waals surface area contributed by atoms with Gasteiger partial charge in [-0.2, -0.15) is 0 Å². The largest absolute Gasteiger partial charge is 0.314 e. The van der Waals surface area contributed by atoms with Crippen LogP contribution in [-0.4, -0.2) is 30.4 Å². The van der Waals surface area contributed by atoms with Crippen molar-refractivity contribution in [2.45, 2.75) is 5.25 Å². The van der Waals surface area contributed by atoms with E-state index in [1.54, 1.807) is 11.8 Å². The standard InChI is InChI=1S/C5H9NOS/c7-4-5-3-6-1-2-8-5/h4-6H,1-3H2. The molecule has 2 nitrogen and oxygen atoms in total. The Bertz CT molecular complexity index is 80.5. The van der Waals surface area contributed by atoms with Crippen LogP contribution in [0.4, 0.5) is 0 Å². The molecule has 0 spiro atoms. The molecule has 0 aromatic heterocycles. The smallest absolute Gasteiger partial charge is 0.134 e. The van der Waals surface area contributed by atoms with Gasteiger partial charge in [-0.1, -0.05) is 0 Å². The fourth-order valence-corrected chi connectivity index (χ4v) is 1.55. The fraction of sp³-hybridized carbons (Fsp3) is 0.800. The predicted octanol–water partition coefficient (Wildman–Crippen LogP) is -0.110. The van der Waals surface area contributed by atoms with Crippen LogP contribution in [0.1, 0.15) is 0 Å². The Morgan fingerprint density at radius 1 is 1.75 bits per heavy atom. The second-order valence-electron chi connectivity index (χ2n) is 1.75. The number of rotatable bonds is 1. The van der Waals surface area contributed by atoms with Crippen LogP contribution in [0.2, 0.25) is 0 Å². The summed E-state index contributed by atoms with van der Waals surface area (Å²) in [5.41, 5.74) is 0. The topological polar surface area (TPSA) is 29.1 Å². The summed E-state index contributed by atoms with van der Waals surface area (Å²) < 4.78 is 0. The number of thioether (sulfide) groups is 1. The Kier molecular flexibility index (Phi) is 2.36. The van der Waals surface area contributed by atoms with Crippen LogP contribution in [-0.2, 0) is 4.79 Å². The molecule has 1 saturated heterocycles. The minimum Gasteiger partial charge on any atom is -0.314 e. The molecule has 1 aliphatic heterocycles. The molecule has 1 fully saturated rings. The number of carbonyl (C=O) groups is 1. The average molecular weight is 131 g/mol. The van der Waals surface area contributed by atoms with Crippen LogP contribution < -0.4 is 5.32 Å².